The van der Waals surface area contributed by atoms with Crippen molar-refractivity contribution in [1.82, 2.24) is 9.91 Å². The quantitative estimate of drug-likeness (QED) is 0.743. The molecule has 0 spiro atoms. The zero-order valence-electron chi connectivity index (χ0n) is 10.5. The lowest BCUT2D eigenvalue weighted by Crippen LogP contribution is -2.42. The van der Waals surface area contributed by atoms with Gasteiger partial charge in [0.1, 0.15) is 12.3 Å². The van der Waals surface area contributed by atoms with Crippen LogP contribution in [0.5, 0.6) is 0 Å². The molecular formula is C11H17N3O4. The molecule has 7 nitrogen and oxygen atoms in total. The summed E-state index contributed by atoms with van der Waals surface area (Å²) >= 11 is 0. The third-order valence-electron chi connectivity index (χ3n) is 2.69. The molecule has 0 aromatic rings. The average Bonchev–Trinajstić information content (AvgIpc) is 2.32. The van der Waals surface area contributed by atoms with Gasteiger partial charge in [-0.1, -0.05) is 0 Å². The summed E-state index contributed by atoms with van der Waals surface area (Å²) in [5.41, 5.74) is 0.250. The number of amides is 2. The lowest BCUT2D eigenvalue weighted by Gasteiger charge is -2.25. The molecule has 0 unspecified atom stereocenters. The highest BCUT2D eigenvalue weighted by atomic mass is 16.4. The third-order valence-corrected chi connectivity index (χ3v) is 2.69. The fourth-order valence-electron chi connectivity index (χ4n) is 1.70. The Balaban J connectivity index is 2.85. The van der Waals surface area contributed by atoms with Crippen LogP contribution in [-0.4, -0.2) is 58.1 Å². The number of aliphatic carboxylic acids is 1. The molecule has 0 aliphatic carbocycles. The second-order valence-electron chi connectivity index (χ2n) is 3.87. The first-order valence-corrected chi connectivity index (χ1v) is 5.88. The predicted molar refractivity (Wildman–Crippen MR) is 63.9 cm³/mol. The van der Waals surface area contributed by atoms with Crippen molar-refractivity contribution < 1.29 is 19.5 Å². The van der Waals surface area contributed by atoms with Crippen LogP contribution >= 0.6 is 0 Å². The van der Waals surface area contributed by atoms with Crippen molar-refractivity contribution in [3.05, 3.63) is 0 Å². The minimum Gasteiger partial charge on any atom is -0.480 e. The van der Waals surface area contributed by atoms with Crippen LogP contribution in [0.1, 0.15) is 26.7 Å². The minimum atomic E-state index is -1.15. The molecular weight excluding hydrogens is 238 g/mol. The van der Waals surface area contributed by atoms with Crippen LogP contribution in [0.2, 0.25) is 0 Å². The number of carbonyl (C=O) groups is 3. The Kier molecular flexibility index (Phi) is 4.82. The van der Waals surface area contributed by atoms with Crippen LogP contribution < -0.4 is 0 Å². The van der Waals surface area contributed by atoms with Crippen LogP contribution in [0.4, 0.5) is 0 Å². The largest absolute Gasteiger partial charge is 0.480 e. The molecule has 0 bridgehead atoms. The summed E-state index contributed by atoms with van der Waals surface area (Å²) in [5.74, 6) is -1.75. The van der Waals surface area contributed by atoms with Crippen molar-refractivity contribution >= 4 is 23.5 Å². The van der Waals surface area contributed by atoms with Gasteiger partial charge in [0, 0.05) is 25.9 Å². The van der Waals surface area contributed by atoms with Gasteiger partial charge in [0.25, 0.3) is 5.91 Å². The van der Waals surface area contributed by atoms with E-state index in [0.29, 0.717) is 13.1 Å². The molecule has 1 aliphatic rings. The molecule has 100 valence electrons. The van der Waals surface area contributed by atoms with E-state index in [-0.39, 0.29) is 30.4 Å². The highest BCUT2D eigenvalue weighted by Gasteiger charge is 2.27. The summed E-state index contributed by atoms with van der Waals surface area (Å²) in [7, 11) is 0. The molecule has 0 aromatic heterocycles. The van der Waals surface area contributed by atoms with Crippen LogP contribution in [0.25, 0.3) is 0 Å². The Morgan fingerprint density at radius 2 is 1.94 bits per heavy atom. The molecule has 0 fully saturated rings. The van der Waals surface area contributed by atoms with Crippen LogP contribution in [0.3, 0.4) is 0 Å². The van der Waals surface area contributed by atoms with Crippen molar-refractivity contribution in [3.8, 4) is 0 Å². The normalized spacial score (nSPS) is 15.3. The van der Waals surface area contributed by atoms with E-state index in [1.807, 2.05) is 13.8 Å². The molecule has 0 saturated heterocycles. The molecule has 2 amide bonds. The van der Waals surface area contributed by atoms with E-state index in [9.17, 15) is 14.4 Å². The fraction of sp³-hybridized carbons (Fsp3) is 0.636. The Morgan fingerprint density at radius 1 is 1.33 bits per heavy atom. The number of carbonyl (C=O) groups excluding carboxylic acids is 2. The van der Waals surface area contributed by atoms with E-state index >= 15 is 0 Å². The highest BCUT2D eigenvalue weighted by Crippen LogP contribution is 2.11. The van der Waals surface area contributed by atoms with Gasteiger partial charge in [-0.3, -0.25) is 14.4 Å². The van der Waals surface area contributed by atoms with Crippen molar-refractivity contribution in [2.24, 2.45) is 5.10 Å². The van der Waals surface area contributed by atoms with Crippen molar-refractivity contribution in [2.75, 3.05) is 19.6 Å². The van der Waals surface area contributed by atoms with E-state index in [1.54, 1.807) is 4.90 Å². The zero-order valence-corrected chi connectivity index (χ0v) is 10.5. The van der Waals surface area contributed by atoms with Gasteiger partial charge in [0.15, 0.2) is 0 Å². The van der Waals surface area contributed by atoms with E-state index in [1.165, 1.54) is 0 Å². The number of hydrazone groups is 1. The molecule has 7 heteroatoms. The molecule has 0 atom stereocenters. The maximum atomic E-state index is 12.0. The van der Waals surface area contributed by atoms with Gasteiger partial charge in [0.05, 0.1) is 0 Å². The van der Waals surface area contributed by atoms with Gasteiger partial charge in [-0.2, -0.15) is 5.10 Å². The number of carboxylic acids is 1. The molecule has 18 heavy (non-hydrogen) atoms. The number of hydrogen-bond acceptors (Lipinski definition) is 4. The molecule has 1 N–H and O–H groups in total. The molecule has 0 radical (unpaired) electrons. The van der Waals surface area contributed by atoms with Crippen LogP contribution in [0.15, 0.2) is 5.10 Å². The maximum Gasteiger partial charge on any atom is 0.325 e. The summed E-state index contributed by atoms with van der Waals surface area (Å²) in [6.45, 7) is 4.31. The Hall–Kier alpha value is -1.92. The predicted octanol–water partition coefficient (Wildman–Crippen LogP) is -0.0822. The second-order valence-corrected chi connectivity index (χ2v) is 3.87. The van der Waals surface area contributed by atoms with E-state index in [4.69, 9.17) is 5.11 Å². The number of hydrogen-bond donors (Lipinski definition) is 1. The summed E-state index contributed by atoms with van der Waals surface area (Å²) in [4.78, 5) is 35.6. The summed E-state index contributed by atoms with van der Waals surface area (Å²) in [5, 5.41) is 13.3. The second kappa shape index (κ2) is 6.13. The topological polar surface area (TPSA) is 90.3 Å². The first-order valence-electron chi connectivity index (χ1n) is 5.88. The molecule has 1 rings (SSSR count). The lowest BCUT2D eigenvalue weighted by atomic mass is 10.1. The maximum absolute atomic E-state index is 12.0. The number of nitrogens with zero attached hydrogens (tertiary/aromatic N) is 3. The highest BCUT2D eigenvalue weighted by molar-refractivity contribution is 6.39. The van der Waals surface area contributed by atoms with Crippen molar-refractivity contribution in [2.45, 2.75) is 26.7 Å². The van der Waals surface area contributed by atoms with E-state index in [0.717, 1.165) is 5.01 Å². The van der Waals surface area contributed by atoms with Crippen LogP contribution in [-0.2, 0) is 14.4 Å². The van der Waals surface area contributed by atoms with Gasteiger partial charge in [0.2, 0.25) is 5.91 Å². The van der Waals surface area contributed by atoms with Gasteiger partial charge in [-0.25, -0.2) is 5.01 Å². The van der Waals surface area contributed by atoms with E-state index < -0.39 is 12.5 Å². The van der Waals surface area contributed by atoms with Gasteiger partial charge in [-0.05, 0) is 13.8 Å². The third kappa shape index (κ3) is 3.28. The lowest BCUT2D eigenvalue weighted by molar-refractivity contribution is -0.145. The Morgan fingerprint density at radius 3 is 2.44 bits per heavy atom. The molecule has 0 saturated carbocycles. The fourth-order valence-corrected chi connectivity index (χ4v) is 1.70. The SMILES string of the molecule is CCN(CC)C(=O)C1=NN(CC(=O)O)C(=O)CC1. The van der Waals surface area contributed by atoms with Crippen LogP contribution in [0, 0.1) is 0 Å². The molecule has 1 heterocycles. The molecule has 1 aliphatic heterocycles. The Bertz CT molecular complexity index is 388. The summed E-state index contributed by atoms with van der Waals surface area (Å²) in [6, 6.07) is 0. The van der Waals surface area contributed by atoms with E-state index in [2.05, 4.69) is 5.10 Å². The van der Waals surface area contributed by atoms with Gasteiger partial charge < -0.3 is 10.0 Å². The smallest absolute Gasteiger partial charge is 0.325 e. The number of carboxylic acid groups (broad SMARTS) is 1. The first kappa shape index (κ1) is 14.1. The zero-order chi connectivity index (χ0) is 13.7. The molecule has 0 aromatic carbocycles. The van der Waals surface area contributed by atoms with Gasteiger partial charge >= 0.3 is 5.97 Å². The Labute approximate surface area is 105 Å². The standard InChI is InChI=1S/C11H17N3O4/c1-3-13(4-2)11(18)8-5-6-9(15)14(12-8)7-10(16)17/h3-7H2,1-2H3,(H,16,17). The average molecular weight is 255 g/mol. The summed E-state index contributed by atoms with van der Waals surface area (Å²) < 4.78 is 0. The van der Waals surface area contributed by atoms with Crippen molar-refractivity contribution in [3.63, 3.8) is 0 Å². The van der Waals surface area contributed by atoms with Gasteiger partial charge in [-0.15, -0.1) is 0 Å². The monoisotopic (exact) mass is 255 g/mol. The minimum absolute atomic E-state index is 0.124. The first-order chi connectivity index (χ1) is 8.49. The number of rotatable bonds is 5. The van der Waals surface area contributed by atoms with Crippen molar-refractivity contribution in [1.29, 1.82) is 0 Å². The summed E-state index contributed by atoms with van der Waals surface area (Å²) in [6.07, 6.45) is 0.392.